The van der Waals surface area contributed by atoms with E-state index in [-0.39, 0.29) is 23.8 Å². The van der Waals surface area contributed by atoms with Crippen LogP contribution in [0.15, 0.2) is 42.5 Å². The molecule has 2 aromatic rings. The average Bonchev–Trinajstić information content (AvgIpc) is 2.54. The second-order valence-corrected chi connectivity index (χ2v) is 6.01. The first kappa shape index (κ1) is 14.6. The van der Waals surface area contributed by atoms with Crippen LogP contribution in [0, 0.1) is 5.92 Å². The van der Waals surface area contributed by atoms with E-state index in [1.807, 2.05) is 49.4 Å². The summed E-state index contributed by atoms with van der Waals surface area (Å²) in [5, 5.41) is 1.99. The molecule has 1 saturated heterocycles. The monoisotopic (exact) mass is 296 g/mol. The molecule has 1 heterocycles. The van der Waals surface area contributed by atoms with Crippen LogP contribution in [0.2, 0.25) is 0 Å². The Bertz CT molecular complexity index is 721. The maximum atomic E-state index is 13.0. The number of carbonyl (C=O) groups is 2. The Hall–Kier alpha value is -2.36. The second-order valence-electron chi connectivity index (χ2n) is 6.01. The van der Waals surface area contributed by atoms with Crippen molar-refractivity contribution in [1.29, 1.82) is 0 Å². The van der Waals surface area contributed by atoms with E-state index < -0.39 is 0 Å². The van der Waals surface area contributed by atoms with E-state index in [2.05, 4.69) is 0 Å². The van der Waals surface area contributed by atoms with Crippen molar-refractivity contribution in [2.45, 2.75) is 25.8 Å². The lowest BCUT2D eigenvalue weighted by molar-refractivity contribution is -0.123. The van der Waals surface area contributed by atoms with Crippen molar-refractivity contribution in [3.63, 3.8) is 0 Å². The van der Waals surface area contributed by atoms with E-state index in [4.69, 9.17) is 5.73 Å². The highest BCUT2D eigenvalue weighted by Crippen LogP contribution is 2.26. The van der Waals surface area contributed by atoms with Gasteiger partial charge in [-0.25, -0.2) is 0 Å². The Morgan fingerprint density at radius 3 is 2.59 bits per heavy atom. The fourth-order valence-corrected chi connectivity index (χ4v) is 3.19. The number of hydrogen-bond donors (Lipinski definition) is 1. The van der Waals surface area contributed by atoms with Gasteiger partial charge in [-0.2, -0.15) is 0 Å². The summed E-state index contributed by atoms with van der Waals surface area (Å²) in [6.45, 7) is 2.44. The number of nitrogens with two attached hydrogens (primary N) is 1. The predicted molar refractivity (Wildman–Crippen MR) is 86.4 cm³/mol. The second kappa shape index (κ2) is 5.79. The Kier molecular flexibility index (Phi) is 3.84. The molecule has 1 aliphatic heterocycles. The zero-order valence-corrected chi connectivity index (χ0v) is 12.7. The van der Waals surface area contributed by atoms with Gasteiger partial charge in [0.2, 0.25) is 5.91 Å². The number of nitrogens with zero attached hydrogens (tertiary/aromatic N) is 1. The fraction of sp³-hybridized carbons (Fsp3) is 0.333. The van der Waals surface area contributed by atoms with E-state index in [1.165, 1.54) is 0 Å². The van der Waals surface area contributed by atoms with Gasteiger partial charge in [-0.1, -0.05) is 36.4 Å². The highest BCUT2D eigenvalue weighted by Gasteiger charge is 2.32. The molecule has 0 spiro atoms. The Labute approximate surface area is 129 Å². The first-order chi connectivity index (χ1) is 10.6. The first-order valence-electron chi connectivity index (χ1n) is 7.66. The molecule has 4 nitrogen and oxygen atoms in total. The summed E-state index contributed by atoms with van der Waals surface area (Å²) in [7, 11) is 0. The number of rotatable bonds is 2. The molecule has 2 N–H and O–H groups in total. The van der Waals surface area contributed by atoms with Gasteiger partial charge < -0.3 is 10.6 Å². The summed E-state index contributed by atoms with van der Waals surface area (Å²) in [5.41, 5.74) is 6.12. The fourth-order valence-electron chi connectivity index (χ4n) is 3.19. The molecular weight excluding hydrogens is 276 g/mol. The van der Waals surface area contributed by atoms with Crippen LogP contribution in [0.5, 0.6) is 0 Å². The normalized spacial score (nSPS) is 21.8. The smallest absolute Gasteiger partial charge is 0.254 e. The lowest BCUT2D eigenvalue weighted by Crippen LogP contribution is -2.48. The van der Waals surface area contributed by atoms with E-state index in [9.17, 15) is 9.59 Å². The van der Waals surface area contributed by atoms with Gasteiger partial charge in [0.15, 0.2) is 0 Å². The SMILES string of the molecule is C[C@@H]1CC[C@H](C(N)=O)CN1C(=O)c1cccc2ccccc12. The summed E-state index contributed by atoms with van der Waals surface area (Å²) in [5.74, 6) is -0.576. The molecule has 0 aromatic heterocycles. The molecule has 1 aliphatic rings. The Morgan fingerprint density at radius 1 is 1.09 bits per heavy atom. The van der Waals surface area contributed by atoms with E-state index >= 15 is 0 Å². The van der Waals surface area contributed by atoms with Crippen molar-refractivity contribution in [3.05, 3.63) is 48.0 Å². The third kappa shape index (κ3) is 2.56. The van der Waals surface area contributed by atoms with Gasteiger partial charge >= 0.3 is 0 Å². The van der Waals surface area contributed by atoms with Gasteiger partial charge in [-0.15, -0.1) is 0 Å². The molecule has 114 valence electrons. The molecule has 0 saturated carbocycles. The highest BCUT2D eigenvalue weighted by atomic mass is 16.2. The van der Waals surface area contributed by atoms with E-state index in [0.717, 1.165) is 23.6 Å². The zero-order chi connectivity index (χ0) is 15.7. The third-order valence-corrected chi connectivity index (χ3v) is 4.57. The van der Waals surface area contributed by atoms with Crippen LogP contribution in [-0.2, 0) is 4.79 Å². The molecule has 2 amide bonds. The lowest BCUT2D eigenvalue weighted by Gasteiger charge is -2.37. The minimum Gasteiger partial charge on any atom is -0.369 e. The highest BCUT2D eigenvalue weighted by molar-refractivity contribution is 6.07. The summed E-state index contributed by atoms with van der Waals surface area (Å²) in [6, 6.07) is 13.7. The van der Waals surface area contributed by atoms with Crippen molar-refractivity contribution in [1.82, 2.24) is 4.90 Å². The molecule has 2 aromatic carbocycles. The quantitative estimate of drug-likeness (QED) is 0.925. The largest absolute Gasteiger partial charge is 0.369 e. The number of likely N-dealkylation sites (tertiary alicyclic amines) is 1. The molecule has 22 heavy (non-hydrogen) atoms. The molecule has 0 aliphatic carbocycles. The number of primary amides is 1. The molecule has 0 radical (unpaired) electrons. The molecule has 2 atom stereocenters. The lowest BCUT2D eigenvalue weighted by atomic mass is 9.92. The topological polar surface area (TPSA) is 63.4 Å². The van der Waals surface area contributed by atoms with Crippen LogP contribution in [0.4, 0.5) is 0 Å². The van der Waals surface area contributed by atoms with Crippen LogP contribution in [0.1, 0.15) is 30.1 Å². The molecular formula is C18H20N2O2. The summed E-state index contributed by atoms with van der Waals surface area (Å²) in [4.78, 5) is 26.2. The van der Waals surface area contributed by atoms with Gasteiger partial charge in [0.1, 0.15) is 0 Å². The van der Waals surface area contributed by atoms with E-state index in [1.54, 1.807) is 4.90 Å². The molecule has 3 rings (SSSR count). The van der Waals surface area contributed by atoms with Crippen molar-refractivity contribution in [2.24, 2.45) is 11.7 Å². The Balaban J connectivity index is 1.96. The zero-order valence-electron chi connectivity index (χ0n) is 12.7. The summed E-state index contributed by atoms with van der Waals surface area (Å²) in [6.07, 6.45) is 1.57. The van der Waals surface area contributed by atoms with Gasteiger partial charge in [0.05, 0.1) is 5.92 Å². The molecule has 1 fully saturated rings. The minimum atomic E-state index is -0.317. The van der Waals surface area contributed by atoms with Crippen LogP contribution < -0.4 is 5.73 Å². The van der Waals surface area contributed by atoms with Gasteiger partial charge in [0.25, 0.3) is 5.91 Å². The number of amides is 2. The maximum absolute atomic E-state index is 13.0. The third-order valence-electron chi connectivity index (χ3n) is 4.57. The van der Waals surface area contributed by atoms with Crippen molar-refractivity contribution >= 4 is 22.6 Å². The summed E-state index contributed by atoms with van der Waals surface area (Å²) >= 11 is 0. The van der Waals surface area contributed by atoms with E-state index in [0.29, 0.717) is 12.1 Å². The van der Waals surface area contributed by atoms with Crippen LogP contribution >= 0.6 is 0 Å². The predicted octanol–water partition coefficient (Wildman–Crippen LogP) is 2.57. The van der Waals surface area contributed by atoms with Crippen molar-refractivity contribution in [3.8, 4) is 0 Å². The number of carbonyl (C=O) groups excluding carboxylic acids is 2. The minimum absolute atomic E-state index is 0.0183. The van der Waals surface area contributed by atoms with Gasteiger partial charge in [0, 0.05) is 18.2 Å². The Morgan fingerprint density at radius 2 is 1.82 bits per heavy atom. The van der Waals surface area contributed by atoms with Crippen LogP contribution in [-0.4, -0.2) is 29.3 Å². The molecule has 0 bridgehead atoms. The van der Waals surface area contributed by atoms with Crippen molar-refractivity contribution < 1.29 is 9.59 Å². The van der Waals surface area contributed by atoms with Gasteiger partial charge in [-0.3, -0.25) is 9.59 Å². The summed E-state index contributed by atoms with van der Waals surface area (Å²) < 4.78 is 0. The number of benzene rings is 2. The number of fused-ring (bicyclic) bond motifs is 1. The van der Waals surface area contributed by atoms with Gasteiger partial charge in [-0.05, 0) is 36.6 Å². The first-order valence-corrected chi connectivity index (χ1v) is 7.66. The number of hydrogen-bond acceptors (Lipinski definition) is 2. The standard InChI is InChI=1S/C18H20N2O2/c1-12-9-10-14(17(19)21)11-20(12)18(22)16-8-4-6-13-5-2-3-7-15(13)16/h2-8,12,14H,9-11H2,1H3,(H2,19,21)/t12-,14+/m1/s1. The number of piperidine rings is 1. The maximum Gasteiger partial charge on any atom is 0.254 e. The molecule has 0 unspecified atom stereocenters. The molecule has 4 heteroatoms. The van der Waals surface area contributed by atoms with Crippen molar-refractivity contribution in [2.75, 3.05) is 6.54 Å². The van der Waals surface area contributed by atoms with Crippen LogP contribution in [0.3, 0.4) is 0 Å². The average molecular weight is 296 g/mol. The van der Waals surface area contributed by atoms with Crippen LogP contribution in [0.25, 0.3) is 10.8 Å².